The molecule has 0 spiro atoms. The molecule has 3 nitrogen and oxygen atoms in total. The molecule has 0 amide bonds. The highest BCUT2D eigenvalue weighted by molar-refractivity contribution is 5.31. The van der Waals surface area contributed by atoms with Crippen molar-refractivity contribution in [2.75, 3.05) is 6.61 Å². The fourth-order valence-corrected chi connectivity index (χ4v) is 2.26. The summed E-state index contributed by atoms with van der Waals surface area (Å²) in [5.74, 6) is 0.928. The number of ether oxygens (including phenoxy) is 1. The van der Waals surface area contributed by atoms with Gasteiger partial charge in [0.05, 0.1) is 12.3 Å². The largest absolute Gasteiger partial charge is 0.493 e. The zero-order valence-corrected chi connectivity index (χ0v) is 13.1. The zero-order chi connectivity index (χ0) is 14.8. The Balaban J connectivity index is 1.92. The third-order valence-electron chi connectivity index (χ3n) is 3.62. The molecule has 1 N–H and O–H groups in total. The van der Waals surface area contributed by atoms with Crippen molar-refractivity contribution >= 4 is 0 Å². The Morgan fingerprint density at radius 2 is 1.75 bits per heavy atom. The van der Waals surface area contributed by atoms with E-state index in [2.05, 4.69) is 55.2 Å². The van der Waals surface area contributed by atoms with Gasteiger partial charge in [0.25, 0.3) is 0 Å². The summed E-state index contributed by atoms with van der Waals surface area (Å²) in [5, 5.41) is 7.20. The second kappa shape index (κ2) is 5.70. The number of nitrogens with one attached hydrogen (secondary N) is 1. The second-order valence-corrected chi connectivity index (χ2v) is 6.29. The van der Waals surface area contributed by atoms with Gasteiger partial charge in [-0.25, -0.2) is 0 Å². The Morgan fingerprint density at radius 3 is 2.25 bits per heavy atom. The molecule has 0 aliphatic rings. The van der Waals surface area contributed by atoms with Gasteiger partial charge in [0.2, 0.25) is 0 Å². The van der Waals surface area contributed by atoms with Crippen LogP contribution in [0.3, 0.4) is 0 Å². The summed E-state index contributed by atoms with van der Waals surface area (Å²) in [4.78, 5) is 0. The van der Waals surface area contributed by atoms with Crippen molar-refractivity contribution in [1.82, 2.24) is 10.2 Å². The molecular weight excluding hydrogens is 248 g/mol. The first-order valence-corrected chi connectivity index (χ1v) is 7.11. The van der Waals surface area contributed by atoms with Gasteiger partial charge in [-0.05, 0) is 42.5 Å². The van der Waals surface area contributed by atoms with E-state index in [1.807, 2.05) is 13.8 Å². The maximum Gasteiger partial charge on any atom is 0.119 e. The zero-order valence-electron chi connectivity index (χ0n) is 13.1. The standard InChI is InChI=1S/C17H24N2O/c1-12-16(13(2)19-18-12)10-11-20-15-8-6-14(7-9-15)17(3,4)5/h6-9H,10-11H2,1-5H3,(H,18,19). The number of rotatable bonds is 4. The normalized spacial score (nSPS) is 11.7. The molecule has 2 aromatic rings. The Hall–Kier alpha value is -1.77. The van der Waals surface area contributed by atoms with Gasteiger partial charge >= 0.3 is 0 Å². The first-order valence-electron chi connectivity index (χ1n) is 7.11. The van der Waals surface area contributed by atoms with Gasteiger partial charge < -0.3 is 4.74 Å². The van der Waals surface area contributed by atoms with Gasteiger partial charge in [-0.3, -0.25) is 5.10 Å². The minimum Gasteiger partial charge on any atom is -0.493 e. The minimum atomic E-state index is 0.184. The van der Waals surface area contributed by atoms with E-state index in [9.17, 15) is 0 Å². The molecule has 0 unspecified atom stereocenters. The number of benzene rings is 1. The van der Waals surface area contributed by atoms with E-state index in [0.717, 1.165) is 23.6 Å². The summed E-state index contributed by atoms with van der Waals surface area (Å²) < 4.78 is 5.82. The summed E-state index contributed by atoms with van der Waals surface area (Å²) in [6.45, 7) is 11.4. The molecule has 1 aromatic carbocycles. The Labute approximate surface area is 121 Å². The highest BCUT2D eigenvalue weighted by atomic mass is 16.5. The van der Waals surface area contributed by atoms with E-state index in [-0.39, 0.29) is 5.41 Å². The molecule has 0 atom stereocenters. The summed E-state index contributed by atoms with van der Waals surface area (Å²) in [6.07, 6.45) is 0.884. The third kappa shape index (κ3) is 3.41. The number of hydrogen-bond donors (Lipinski definition) is 1. The van der Waals surface area contributed by atoms with Gasteiger partial charge in [-0.15, -0.1) is 0 Å². The monoisotopic (exact) mass is 272 g/mol. The van der Waals surface area contributed by atoms with Crippen molar-refractivity contribution in [2.24, 2.45) is 0 Å². The lowest BCUT2D eigenvalue weighted by atomic mass is 9.87. The summed E-state index contributed by atoms with van der Waals surface area (Å²) in [6, 6.07) is 8.39. The second-order valence-electron chi connectivity index (χ2n) is 6.29. The van der Waals surface area contributed by atoms with Crippen LogP contribution in [0.4, 0.5) is 0 Å². The van der Waals surface area contributed by atoms with E-state index in [1.54, 1.807) is 0 Å². The number of aryl methyl sites for hydroxylation is 2. The Kier molecular flexibility index (Phi) is 4.17. The van der Waals surface area contributed by atoms with Gasteiger partial charge in [0, 0.05) is 12.1 Å². The molecule has 108 valence electrons. The molecular formula is C17H24N2O. The maximum atomic E-state index is 5.82. The van der Waals surface area contributed by atoms with Crippen LogP contribution in [0, 0.1) is 13.8 Å². The first-order chi connectivity index (χ1) is 9.38. The fourth-order valence-electron chi connectivity index (χ4n) is 2.26. The van der Waals surface area contributed by atoms with Crippen molar-refractivity contribution in [2.45, 2.75) is 46.5 Å². The molecule has 20 heavy (non-hydrogen) atoms. The molecule has 2 rings (SSSR count). The van der Waals surface area contributed by atoms with Crippen molar-refractivity contribution in [3.63, 3.8) is 0 Å². The molecule has 0 saturated carbocycles. The molecule has 0 bridgehead atoms. The van der Waals surface area contributed by atoms with Crippen molar-refractivity contribution in [1.29, 1.82) is 0 Å². The predicted octanol–water partition coefficient (Wildman–Crippen LogP) is 3.95. The fraction of sp³-hybridized carbons (Fsp3) is 0.471. The number of H-pyrrole nitrogens is 1. The summed E-state index contributed by atoms with van der Waals surface area (Å²) in [7, 11) is 0. The molecule has 1 aromatic heterocycles. The van der Waals surface area contributed by atoms with Crippen LogP contribution < -0.4 is 4.74 Å². The van der Waals surface area contributed by atoms with Gasteiger partial charge in [0.15, 0.2) is 0 Å². The van der Waals surface area contributed by atoms with Crippen LogP contribution in [0.25, 0.3) is 0 Å². The van der Waals surface area contributed by atoms with Crippen molar-refractivity contribution < 1.29 is 4.74 Å². The van der Waals surface area contributed by atoms with Gasteiger partial charge in [0.1, 0.15) is 5.75 Å². The number of aromatic amines is 1. The van der Waals surface area contributed by atoms with Crippen LogP contribution in [-0.2, 0) is 11.8 Å². The van der Waals surface area contributed by atoms with Crippen LogP contribution in [0.1, 0.15) is 43.3 Å². The van der Waals surface area contributed by atoms with E-state index < -0.39 is 0 Å². The van der Waals surface area contributed by atoms with E-state index in [1.165, 1.54) is 11.1 Å². The highest BCUT2D eigenvalue weighted by Crippen LogP contribution is 2.24. The molecule has 1 heterocycles. The van der Waals surface area contributed by atoms with Crippen LogP contribution in [-0.4, -0.2) is 16.8 Å². The van der Waals surface area contributed by atoms with E-state index >= 15 is 0 Å². The van der Waals surface area contributed by atoms with E-state index in [4.69, 9.17) is 4.74 Å². The molecule has 0 aliphatic carbocycles. The molecule has 3 heteroatoms. The minimum absolute atomic E-state index is 0.184. The lowest BCUT2D eigenvalue weighted by molar-refractivity contribution is 0.321. The lowest BCUT2D eigenvalue weighted by Crippen LogP contribution is -2.10. The van der Waals surface area contributed by atoms with Crippen molar-refractivity contribution in [3.8, 4) is 5.75 Å². The summed E-state index contributed by atoms with van der Waals surface area (Å²) in [5.41, 5.74) is 4.97. The molecule has 0 fully saturated rings. The smallest absolute Gasteiger partial charge is 0.119 e. The SMILES string of the molecule is Cc1n[nH]c(C)c1CCOc1ccc(C(C)(C)C)cc1. The number of aromatic nitrogens is 2. The Morgan fingerprint density at radius 1 is 1.10 bits per heavy atom. The number of nitrogens with zero attached hydrogens (tertiary/aromatic N) is 1. The molecule has 0 radical (unpaired) electrons. The van der Waals surface area contributed by atoms with E-state index in [0.29, 0.717) is 6.61 Å². The first kappa shape index (κ1) is 14.6. The average molecular weight is 272 g/mol. The van der Waals surface area contributed by atoms with Crippen LogP contribution in [0.15, 0.2) is 24.3 Å². The lowest BCUT2D eigenvalue weighted by Gasteiger charge is -2.19. The molecule has 0 saturated heterocycles. The van der Waals surface area contributed by atoms with Crippen molar-refractivity contribution in [3.05, 3.63) is 46.8 Å². The van der Waals surface area contributed by atoms with Crippen LogP contribution >= 0.6 is 0 Å². The Bertz CT molecular complexity index is 542. The molecule has 0 aliphatic heterocycles. The van der Waals surface area contributed by atoms with Crippen LogP contribution in [0.2, 0.25) is 0 Å². The van der Waals surface area contributed by atoms with Gasteiger partial charge in [-0.1, -0.05) is 32.9 Å². The number of hydrogen-bond acceptors (Lipinski definition) is 2. The third-order valence-corrected chi connectivity index (χ3v) is 3.62. The highest BCUT2D eigenvalue weighted by Gasteiger charge is 2.13. The average Bonchev–Trinajstić information content (AvgIpc) is 2.70. The predicted molar refractivity (Wildman–Crippen MR) is 82.4 cm³/mol. The van der Waals surface area contributed by atoms with Gasteiger partial charge in [-0.2, -0.15) is 5.10 Å². The topological polar surface area (TPSA) is 37.9 Å². The van der Waals surface area contributed by atoms with Crippen LogP contribution in [0.5, 0.6) is 5.75 Å². The maximum absolute atomic E-state index is 5.82. The quantitative estimate of drug-likeness (QED) is 0.915. The summed E-state index contributed by atoms with van der Waals surface area (Å²) >= 11 is 0.